The molecule has 8 nitrogen and oxygen atoms in total. The summed E-state index contributed by atoms with van der Waals surface area (Å²) in [5, 5.41) is 7.42. The topological polar surface area (TPSA) is 110 Å². The van der Waals surface area contributed by atoms with Crippen molar-refractivity contribution in [3.8, 4) is 5.75 Å². The van der Waals surface area contributed by atoms with Crippen LogP contribution in [0.2, 0.25) is 5.02 Å². The Kier molecular flexibility index (Phi) is 6.67. The minimum Gasteiger partial charge on any atom is -0.495 e. The summed E-state index contributed by atoms with van der Waals surface area (Å²) >= 11 is 6.06. The fourth-order valence-corrected chi connectivity index (χ4v) is 4.84. The van der Waals surface area contributed by atoms with E-state index in [1.807, 2.05) is 6.92 Å². The Morgan fingerprint density at radius 3 is 2.56 bits per heavy atom. The number of methoxy groups -OCH3 is 1. The van der Waals surface area contributed by atoms with Crippen molar-refractivity contribution in [2.45, 2.75) is 38.0 Å². The summed E-state index contributed by atoms with van der Waals surface area (Å²) in [5.74, 6) is 0.717. The number of hydrazone groups is 1. The summed E-state index contributed by atoms with van der Waals surface area (Å²) in [6.07, 6.45) is 1.88. The first-order chi connectivity index (χ1) is 16.2. The van der Waals surface area contributed by atoms with E-state index in [4.69, 9.17) is 20.8 Å². The van der Waals surface area contributed by atoms with Gasteiger partial charge < -0.3 is 14.5 Å². The molecule has 0 saturated heterocycles. The number of carbonyl (C=O) groups is 1. The predicted octanol–water partition coefficient (Wildman–Crippen LogP) is 4.83. The number of halogens is 1. The van der Waals surface area contributed by atoms with Crippen LogP contribution in [0.3, 0.4) is 0 Å². The fourth-order valence-electron chi connectivity index (χ4n) is 3.84. The van der Waals surface area contributed by atoms with E-state index in [-0.39, 0.29) is 10.7 Å². The first kappa shape index (κ1) is 23.8. The number of benzene rings is 2. The average Bonchev–Trinajstić information content (AvgIpc) is 3.15. The average molecular weight is 502 g/mol. The van der Waals surface area contributed by atoms with Crippen LogP contribution in [0.1, 0.15) is 45.8 Å². The number of hydrogen-bond donors (Lipinski definition) is 2. The summed E-state index contributed by atoms with van der Waals surface area (Å²) in [6, 6.07) is 11.4. The van der Waals surface area contributed by atoms with Crippen LogP contribution in [0.4, 0.5) is 5.69 Å². The van der Waals surface area contributed by atoms with Gasteiger partial charge in [0.2, 0.25) is 0 Å². The Labute approximate surface area is 203 Å². The van der Waals surface area contributed by atoms with Crippen molar-refractivity contribution in [1.82, 2.24) is 4.83 Å². The first-order valence-corrected chi connectivity index (χ1v) is 12.5. The van der Waals surface area contributed by atoms with Crippen molar-refractivity contribution in [1.29, 1.82) is 0 Å². The number of anilines is 1. The summed E-state index contributed by atoms with van der Waals surface area (Å²) < 4.78 is 36.5. The molecule has 0 bridgehead atoms. The van der Waals surface area contributed by atoms with E-state index in [0.29, 0.717) is 58.3 Å². The number of rotatable bonds is 6. The maximum Gasteiger partial charge on any atom is 0.291 e. The molecule has 0 aliphatic heterocycles. The lowest BCUT2D eigenvalue weighted by Gasteiger charge is -2.14. The molecule has 34 heavy (non-hydrogen) atoms. The van der Waals surface area contributed by atoms with Gasteiger partial charge in [0.15, 0.2) is 5.76 Å². The maximum atomic E-state index is 13.0. The van der Waals surface area contributed by atoms with Crippen LogP contribution in [-0.4, -0.2) is 27.1 Å². The second-order valence-corrected chi connectivity index (χ2v) is 10.1. The molecule has 0 fully saturated rings. The number of carbonyl (C=O) groups excluding carboxylic acids is 1. The highest BCUT2D eigenvalue weighted by molar-refractivity contribution is 7.89. The number of nitrogens with zero attached hydrogens (tertiary/aromatic N) is 1. The number of hydrogen-bond acceptors (Lipinski definition) is 6. The molecule has 2 N–H and O–H groups in total. The molecule has 4 rings (SSSR count). The van der Waals surface area contributed by atoms with Crippen LogP contribution in [0.5, 0.6) is 5.75 Å². The molecule has 1 aliphatic carbocycles. The smallest absolute Gasteiger partial charge is 0.291 e. The molecule has 178 valence electrons. The number of amides is 1. The van der Waals surface area contributed by atoms with Crippen LogP contribution >= 0.6 is 11.6 Å². The van der Waals surface area contributed by atoms with Gasteiger partial charge in [-0.3, -0.25) is 4.79 Å². The van der Waals surface area contributed by atoms with Crippen LogP contribution in [-0.2, 0) is 16.4 Å². The van der Waals surface area contributed by atoms with Gasteiger partial charge in [0.1, 0.15) is 11.5 Å². The van der Waals surface area contributed by atoms with E-state index >= 15 is 0 Å². The summed E-state index contributed by atoms with van der Waals surface area (Å²) in [6.45, 7) is 3.63. The molecule has 0 spiro atoms. The molecule has 3 aromatic rings. The zero-order valence-corrected chi connectivity index (χ0v) is 20.5. The molecule has 1 aliphatic rings. The summed E-state index contributed by atoms with van der Waals surface area (Å²) in [4.78, 5) is 15.5. The van der Waals surface area contributed by atoms with Crippen LogP contribution in [0, 0.1) is 13.8 Å². The van der Waals surface area contributed by atoms with E-state index in [0.717, 1.165) is 5.56 Å². The second kappa shape index (κ2) is 9.52. The Balaban J connectivity index is 1.61. The lowest BCUT2D eigenvalue weighted by Crippen LogP contribution is -2.22. The lowest BCUT2D eigenvalue weighted by atomic mass is 9.93. The van der Waals surface area contributed by atoms with Gasteiger partial charge in [-0.05, 0) is 57.0 Å². The minimum atomic E-state index is -3.83. The Hall–Kier alpha value is -3.30. The van der Waals surface area contributed by atoms with E-state index in [1.165, 1.54) is 19.2 Å². The van der Waals surface area contributed by atoms with Crippen molar-refractivity contribution in [3.63, 3.8) is 0 Å². The van der Waals surface area contributed by atoms with E-state index in [9.17, 15) is 13.2 Å². The number of furan rings is 1. The van der Waals surface area contributed by atoms with Gasteiger partial charge in [-0.2, -0.15) is 18.4 Å². The molecule has 1 aromatic heterocycles. The number of fused-ring (bicyclic) bond motifs is 1. The third-order valence-electron chi connectivity index (χ3n) is 5.57. The molecule has 10 heteroatoms. The zero-order valence-electron chi connectivity index (χ0n) is 18.9. The summed E-state index contributed by atoms with van der Waals surface area (Å²) in [5.41, 5.74) is 3.13. The van der Waals surface area contributed by atoms with Gasteiger partial charge in [-0.25, -0.2) is 0 Å². The van der Waals surface area contributed by atoms with E-state index < -0.39 is 15.9 Å². The van der Waals surface area contributed by atoms with Crippen LogP contribution < -0.4 is 14.9 Å². The third kappa shape index (κ3) is 4.80. The van der Waals surface area contributed by atoms with Crippen molar-refractivity contribution < 1.29 is 22.4 Å². The largest absolute Gasteiger partial charge is 0.495 e. The highest BCUT2D eigenvalue weighted by atomic mass is 35.5. The Morgan fingerprint density at radius 1 is 1.12 bits per heavy atom. The molecule has 1 heterocycles. The molecule has 0 saturated carbocycles. The molecular weight excluding hydrogens is 478 g/mol. The second-order valence-electron chi connectivity index (χ2n) is 7.97. The fraction of sp³-hybridized carbons (Fsp3) is 0.250. The highest BCUT2D eigenvalue weighted by Gasteiger charge is 2.29. The number of ether oxygens (including phenoxy) is 1. The van der Waals surface area contributed by atoms with Gasteiger partial charge >= 0.3 is 0 Å². The predicted molar refractivity (Wildman–Crippen MR) is 130 cm³/mol. The molecule has 0 atom stereocenters. The highest BCUT2D eigenvalue weighted by Crippen LogP contribution is 2.32. The first-order valence-electron chi connectivity index (χ1n) is 10.6. The van der Waals surface area contributed by atoms with Crippen LogP contribution in [0.15, 0.2) is 56.9 Å². The molecular formula is C24H24ClN3O5S. The molecule has 0 unspecified atom stereocenters. The summed E-state index contributed by atoms with van der Waals surface area (Å²) in [7, 11) is -2.33. The Bertz CT molecular complexity index is 1380. The SMILES string of the molecule is COc1ccc(Cl)cc1NC(=O)c1oc2c(c1C)/C(=N/NS(=O)(=O)c1ccc(C)cc1)CCC2. The van der Waals surface area contributed by atoms with E-state index in [1.54, 1.807) is 37.3 Å². The number of aryl methyl sites for hydroxylation is 2. The quantitative estimate of drug-likeness (QED) is 0.470. The normalized spacial score (nSPS) is 14.5. The zero-order chi connectivity index (χ0) is 24.5. The van der Waals surface area contributed by atoms with Crippen LogP contribution in [0.25, 0.3) is 0 Å². The van der Waals surface area contributed by atoms with Gasteiger partial charge in [-0.1, -0.05) is 29.3 Å². The van der Waals surface area contributed by atoms with Crippen molar-refractivity contribution >= 4 is 38.9 Å². The maximum absolute atomic E-state index is 13.0. The Morgan fingerprint density at radius 2 is 1.85 bits per heavy atom. The number of sulfonamides is 1. The van der Waals surface area contributed by atoms with Gasteiger partial charge in [0.25, 0.3) is 15.9 Å². The van der Waals surface area contributed by atoms with Crippen molar-refractivity contribution in [3.05, 3.63) is 75.7 Å². The van der Waals surface area contributed by atoms with E-state index in [2.05, 4.69) is 15.2 Å². The molecule has 1 amide bonds. The minimum absolute atomic E-state index is 0.123. The monoisotopic (exact) mass is 501 g/mol. The van der Waals surface area contributed by atoms with Crippen molar-refractivity contribution in [2.24, 2.45) is 5.10 Å². The van der Waals surface area contributed by atoms with Gasteiger partial charge in [0.05, 0.1) is 23.4 Å². The van der Waals surface area contributed by atoms with Gasteiger partial charge in [-0.15, -0.1) is 0 Å². The molecule has 0 radical (unpaired) electrons. The number of nitrogens with one attached hydrogen (secondary N) is 2. The van der Waals surface area contributed by atoms with Gasteiger partial charge in [0, 0.05) is 22.6 Å². The van der Waals surface area contributed by atoms with Crippen molar-refractivity contribution in [2.75, 3.05) is 12.4 Å². The third-order valence-corrected chi connectivity index (χ3v) is 7.03. The lowest BCUT2D eigenvalue weighted by molar-refractivity contribution is 0.0993. The molecule has 2 aromatic carbocycles. The standard InChI is InChI=1S/C24H24ClN3O5S/c1-14-7-10-17(11-8-14)34(30,31)28-27-18-5-4-6-21-22(18)15(2)23(33-21)24(29)26-19-13-16(25)9-12-20(19)32-3/h7-13,28H,4-6H2,1-3H3,(H,26,29)/b27-18+.